The van der Waals surface area contributed by atoms with Gasteiger partial charge in [0.05, 0.1) is 0 Å². The van der Waals surface area contributed by atoms with Crippen molar-refractivity contribution in [2.75, 3.05) is 0 Å². The fraction of sp³-hybridized carbons (Fsp3) is 0.0833. The van der Waals surface area contributed by atoms with Crippen molar-refractivity contribution in [2.24, 2.45) is 0 Å². The molecule has 18 heavy (non-hydrogen) atoms. The molecule has 6 heteroatoms. The summed E-state index contributed by atoms with van der Waals surface area (Å²) in [6.45, 7) is 1.77. The molecule has 0 aliphatic carbocycles. The lowest BCUT2D eigenvalue weighted by atomic mass is 10.4. The minimum atomic E-state index is -0.236. The molecule has 0 spiro atoms. The molecular formula is C12H10N4O2. The average molecular weight is 242 g/mol. The van der Waals surface area contributed by atoms with Crippen molar-refractivity contribution in [1.29, 1.82) is 0 Å². The molecule has 0 amide bonds. The predicted molar refractivity (Wildman–Crippen MR) is 66.1 cm³/mol. The van der Waals surface area contributed by atoms with Crippen LogP contribution in [0.5, 0.6) is 0 Å². The molecule has 0 radical (unpaired) electrons. The molecule has 3 aromatic heterocycles. The van der Waals surface area contributed by atoms with Gasteiger partial charge in [-0.2, -0.15) is 0 Å². The van der Waals surface area contributed by atoms with Crippen LogP contribution < -0.4 is 11.1 Å². The Hall–Kier alpha value is -2.63. The molecule has 3 heterocycles. The molecule has 0 saturated heterocycles. The van der Waals surface area contributed by atoms with E-state index in [-0.39, 0.29) is 11.1 Å². The Kier molecular flexibility index (Phi) is 2.16. The largest absolute Gasteiger partial charge is 0.294 e. The van der Waals surface area contributed by atoms with E-state index >= 15 is 0 Å². The third-order valence-electron chi connectivity index (χ3n) is 2.64. The fourth-order valence-corrected chi connectivity index (χ4v) is 1.84. The molecule has 0 aliphatic heterocycles. The zero-order valence-corrected chi connectivity index (χ0v) is 9.62. The van der Waals surface area contributed by atoms with Gasteiger partial charge >= 0.3 is 0 Å². The summed E-state index contributed by atoms with van der Waals surface area (Å²) < 4.78 is 2.67. The monoisotopic (exact) mass is 242 g/mol. The summed E-state index contributed by atoms with van der Waals surface area (Å²) in [5.41, 5.74) is 0.753. The summed E-state index contributed by atoms with van der Waals surface area (Å²) in [5.74, 6) is 0.296. The minimum absolute atomic E-state index is 0.227. The van der Waals surface area contributed by atoms with E-state index in [9.17, 15) is 9.59 Å². The van der Waals surface area contributed by atoms with Crippen LogP contribution in [0.2, 0.25) is 0 Å². The lowest BCUT2D eigenvalue weighted by Crippen LogP contribution is -2.21. The lowest BCUT2D eigenvalue weighted by molar-refractivity contribution is 0.800. The van der Waals surface area contributed by atoms with Crippen molar-refractivity contribution in [3.8, 4) is 5.82 Å². The number of aromatic nitrogens is 4. The zero-order valence-electron chi connectivity index (χ0n) is 9.62. The summed E-state index contributed by atoms with van der Waals surface area (Å²) in [7, 11) is 0. The maximum Gasteiger partial charge on any atom is 0.272 e. The van der Waals surface area contributed by atoms with E-state index in [1.54, 1.807) is 31.3 Å². The number of fused-ring (bicyclic) bond motifs is 1. The number of nitrogens with zero attached hydrogens (tertiary/aromatic N) is 3. The van der Waals surface area contributed by atoms with Crippen LogP contribution in [0.25, 0.3) is 11.5 Å². The van der Waals surface area contributed by atoms with Crippen molar-refractivity contribution in [3.63, 3.8) is 0 Å². The van der Waals surface area contributed by atoms with Crippen LogP contribution in [0.3, 0.4) is 0 Å². The first-order valence-electron chi connectivity index (χ1n) is 5.43. The summed E-state index contributed by atoms with van der Waals surface area (Å²) in [6, 6.07) is 8.03. The molecule has 3 rings (SSSR count). The van der Waals surface area contributed by atoms with Crippen LogP contribution in [0.1, 0.15) is 5.69 Å². The highest BCUT2D eigenvalue weighted by molar-refractivity contribution is 5.41. The van der Waals surface area contributed by atoms with Gasteiger partial charge in [0.1, 0.15) is 5.65 Å². The normalized spacial score (nSPS) is 10.9. The van der Waals surface area contributed by atoms with E-state index in [4.69, 9.17) is 0 Å². The Balaban J connectivity index is 2.35. The van der Waals surface area contributed by atoms with Gasteiger partial charge in [-0.1, -0.05) is 6.07 Å². The standard InChI is InChI=1S/C12H10N4O2/c1-8-6-12(18)16(14-8)10-7-11(17)15-5-3-2-4-9(15)13-10/h2-7,14H,1H3. The Morgan fingerprint density at radius 1 is 1.17 bits per heavy atom. The summed E-state index contributed by atoms with van der Waals surface area (Å²) in [4.78, 5) is 27.8. The van der Waals surface area contributed by atoms with Crippen LogP contribution >= 0.6 is 0 Å². The van der Waals surface area contributed by atoms with Gasteiger partial charge in [-0.3, -0.25) is 19.1 Å². The number of hydrogen-bond donors (Lipinski definition) is 1. The maximum atomic E-state index is 11.9. The van der Waals surface area contributed by atoms with E-state index in [0.29, 0.717) is 11.5 Å². The molecule has 0 aromatic carbocycles. The van der Waals surface area contributed by atoms with E-state index in [1.807, 2.05) is 0 Å². The van der Waals surface area contributed by atoms with Crippen molar-refractivity contribution in [1.82, 2.24) is 19.2 Å². The molecular weight excluding hydrogens is 232 g/mol. The third-order valence-corrected chi connectivity index (χ3v) is 2.64. The van der Waals surface area contributed by atoms with Gasteiger partial charge in [0.2, 0.25) is 0 Å². The number of H-pyrrole nitrogens is 1. The second kappa shape index (κ2) is 3.69. The van der Waals surface area contributed by atoms with Crippen LogP contribution in [-0.2, 0) is 0 Å². The molecule has 0 fully saturated rings. The van der Waals surface area contributed by atoms with Gasteiger partial charge in [0, 0.05) is 24.0 Å². The van der Waals surface area contributed by atoms with Crippen LogP contribution in [0.4, 0.5) is 0 Å². The van der Waals surface area contributed by atoms with Crippen LogP contribution in [-0.4, -0.2) is 19.2 Å². The first kappa shape index (κ1) is 10.5. The molecule has 0 atom stereocenters. The van der Waals surface area contributed by atoms with Crippen molar-refractivity contribution < 1.29 is 0 Å². The SMILES string of the molecule is Cc1cc(=O)n(-c2cc(=O)n3ccccc3n2)[nH]1. The second-order valence-corrected chi connectivity index (χ2v) is 3.99. The predicted octanol–water partition coefficient (Wildman–Crippen LogP) is 0.482. The van der Waals surface area contributed by atoms with Gasteiger partial charge in [-0.15, -0.1) is 0 Å². The van der Waals surface area contributed by atoms with Crippen LogP contribution in [0.15, 0.2) is 46.1 Å². The third kappa shape index (κ3) is 1.55. The first-order chi connectivity index (χ1) is 8.65. The number of aromatic amines is 1. The lowest BCUT2D eigenvalue weighted by Gasteiger charge is -2.03. The minimum Gasteiger partial charge on any atom is -0.294 e. The Morgan fingerprint density at radius 3 is 2.72 bits per heavy atom. The van der Waals surface area contributed by atoms with Crippen LogP contribution in [0, 0.1) is 6.92 Å². The van der Waals surface area contributed by atoms with E-state index in [0.717, 1.165) is 5.69 Å². The average Bonchev–Trinajstić information content (AvgIpc) is 2.68. The molecule has 6 nitrogen and oxygen atoms in total. The quantitative estimate of drug-likeness (QED) is 0.674. The van der Waals surface area contributed by atoms with Gasteiger partial charge in [0.25, 0.3) is 11.1 Å². The number of hydrogen-bond acceptors (Lipinski definition) is 3. The molecule has 0 aliphatic rings. The van der Waals surface area contributed by atoms with Gasteiger partial charge in [-0.05, 0) is 19.1 Å². The van der Waals surface area contributed by atoms with E-state index < -0.39 is 0 Å². The number of rotatable bonds is 1. The molecule has 3 aromatic rings. The number of pyridine rings is 1. The smallest absolute Gasteiger partial charge is 0.272 e. The topological polar surface area (TPSA) is 72.2 Å². The number of nitrogens with one attached hydrogen (secondary N) is 1. The van der Waals surface area contributed by atoms with Gasteiger partial charge in [0.15, 0.2) is 5.82 Å². The highest BCUT2D eigenvalue weighted by Crippen LogP contribution is 2.01. The second-order valence-electron chi connectivity index (χ2n) is 3.99. The molecule has 0 bridgehead atoms. The highest BCUT2D eigenvalue weighted by Gasteiger charge is 2.07. The first-order valence-corrected chi connectivity index (χ1v) is 5.43. The Bertz CT molecular complexity index is 841. The zero-order chi connectivity index (χ0) is 12.7. The highest BCUT2D eigenvalue weighted by atomic mass is 16.1. The summed E-state index contributed by atoms with van der Waals surface area (Å²) in [6.07, 6.45) is 1.64. The number of aryl methyl sites for hydroxylation is 1. The summed E-state index contributed by atoms with van der Waals surface area (Å²) >= 11 is 0. The molecule has 0 saturated carbocycles. The molecule has 0 unspecified atom stereocenters. The maximum absolute atomic E-state index is 11.9. The Morgan fingerprint density at radius 2 is 2.00 bits per heavy atom. The van der Waals surface area contributed by atoms with Crippen molar-refractivity contribution >= 4 is 5.65 Å². The molecule has 90 valence electrons. The van der Waals surface area contributed by atoms with E-state index in [1.165, 1.54) is 21.2 Å². The van der Waals surface area contributed by atoms with Gasteiger partial charge < -0.3 is 0 Å². The fourth-order valence-electron chi connectivity index (χ4n) is 1.84. The van der Waals surface area contributed by atoms with E-state index in [2.05, 4.69) is 10.1 Å². The molecule has 1 N–H and O–H groups in total. The Labute approximate surface area is 101 Å². The van der Waals surface area contributed by atoms with Crippen molar-refractivity contribution in [2.45, 2.75) is 6.92 Å². The summed E-state index contributed by atoms with van der Waals surface area (Å²) in [5, 5.41) is 2.85. The van der Waals surface area contributed by atoms with Gasteiger partial charge in [-0.25, -0.2) is 9.67 Å². The van der Waals surface area contributed by atoms with Crippen molar-refractivity contribution in [3.05, 3.63) is 62.9 Å².